The molecular formula is C14H22. The largest absolute Gasteiger partial charge is 0.0851 e. The van der Waals surface area contributed by atoms with E-state index in [4.69, 9.17) is 0 Å². The van der Waals surface area contributed by atoms with Crippen LogP contribution in [0.15, 0.2) is 12.2 Å². The van der Waals surface area contributed by atoms with Crippen LogP contribution in [0.4, 0.5) is 0 Å². The molecular weight excluding hydrogens is 168 g/mol. The van der Waals surface area contributed by atoms with Gasteiger partial charge < -0.3 is 0 Å². The van der Waals surface area contributed by atoms with Crippen molar-refractivity contribution in [3.05, 3.63) is 12.2 Å². The Labute approximate surface area is 87.8 Å². The van der Waals surface area contributed by atoms with E-state index < -0.39 is 0 Å². The lowest BCUT2D eigenvalue weighted by atomic mass is 10.0. The van der Waals surface area contributed by atoms with Gasteiger partial charge in [0, 0.05) is 0 Å². The van der Waals surface area contributed by atoms with E-state index >= 15 is 0 Å². The highest BCUT2D eigenvalue weighted by molar-refractivity contribution is 5.06. The minimum atomic E-state index is 0.991. The minimum absolute atomic E-state index is 0.991. The van der Waals surface area contributed by atoms with E-state index in [1.165, 1.54) is 31.1 Å². The highest BCUT2D eigenvalue weighted by atomic mass is 14.4. The van der Waals surface area contributed by atoms with Crippen molar-refractivity contribution in [2.75, 3.05) is 0 Å². The highest BCUT2D eigenvalue weighted by Gasteiger charge is 2.30. The van der Waals surface area contributed by atoms with Crippen molar-refractivity contribution >= 4 is 0 Å². The molecule has 0 aromatic heterocycles. The molecule has 0 N–H and O–H groups in total. The van der Waals surface area contributed by atoms with Gasteiger partial charge >= 0.3 is 0 Å². The summed E-state index contributed by atoms with van der Waals surface area (Å²) in [5.41, 5.74) is 0. The second kappa shape index (κ2) is 3.72. The van der Waals surface area contributed by atoms with E-state index in [1.54, 1.807) is 32.1 Å². The Bertz CT molecular complexity index is 198. The summed E-state index contributed by atoms with van der Waals surface area (Å²) in [4.78, 5) is 0. The number of hydrogen-bond donors (Lipinski definition) is 0. The molecule has 2 atom stereocenters. The zero-order valence-corrected chi connectivity index (χ0v) is 9.12. The molecule has 3 saturated carbocycles. The molecule has 0 spiro atoms. The standard InChI is InChI=1S/C7H12.C7H10/c2*1-2-7-4-3-6(1)5-7/h6-7H,1-5H2;1-2,6-7H,3-5H2. The van der Waals surface area contributed by atoms with E-state index in [-0.39, 0.29) is 0 Å². The number of hydrogen-bond acceptors (Lipinski definition) is 0. The van der Waals surface area contributed by atoms with Crippen LogP contribution in [0.3, 0.4) is 0 Å². The van der Waals surface area contributed by atoms with Gasteiger partial charge in [-0.3, -0.25) is 0 Å². The summed E-state index contributed by atoms with van der Waals surface area (Å²) in [7, 11) is 0. The first kappa shape index (κ1) is 9.00. The topological polar surface area (TPSA) is 0 Å². The zero-order valence-electron chi connectivity index (χ0n) is 9.12. The van der Waals surface area contributed by atoms with E-state index in [2.05, 4.69) is 12.2 Å². The minimum Gasteiger partial charge on any atom is -0.0851 e. The fourth-order valence-corrected chi connectivity index (χ4v) is 3.89. The van der Waals surface area contributed by atoms with E-state index in [1.807, 2.05) is 0 Å². The SMILES string of the molecule is C1=CC2CCC1C2.C1CC2CCC1C2. The summed E-state index contributed by atoms with van der Waals surface area (Å²) in [6, 6.07) is 0. The number of rotatable bonds is 0. The molecule has 0 heterocycles. The van der Waals surface area contributed by atoms with Gasteiger partial charge in [-0.15, -0.1) is 0 Å². The fourth-order valence-electron chi connectivity index (χ4n) is 3.89. The molecule has 2 unspecified atom stereocenters. The Morgan fingerprint density at radius 2 is 1.07 bits per heavy atom. The third-order valence-corrected chi connectivity index (χ3v) is 4.80. The first-order valence-electron chi connectivity index (χ1n) is 6.58. The molecule has 3 fully saturated rings. The molecule has 4 aliphatic rings. The van der Waals surface area contributed by atoms with Crippen LogP contribution >= 0.6 is 0 Å². The lowest BCUT2D eigenvalue weighted by Crippen LogP contribution is -1.90. The smallest absolute Gasteiger partial charge is 0.0228 e. The summed E-state index contributed by atoms with van der Waals surface area (Å²) < 4.78 is 0. The Balaban J connectivity index is 0.0000000914. The van der Waals surface area contributed by atoms with Crippen molar-refractivity contribution in [3.8, 4) is 0 Å². The van der Waals surface area contributed by atoms with Gasteiger partial charge in [-0.05, 0) is 49.4 Å². The van der Waals surface area contributed by atoms with Crippen LogP contribution in [0.2, 0.25) is 0 Å². The average Bonchev–Trinajstić information content (AvgIpc) is 3.01. The van der Waals surface area contributed by atoms with Crippen LogP contribution in [0.25, 0.3) is 0 Å². The summed E-state index contributed by atoms with van der Waals surface area (Å²) in [6.07, 6.45) is 17.0. The molecule has 4 aliphatic carbocycles. The van der Waals surface area contributed by atoms with Crippen molar-refractivity contribution in [2.24, 2.45) is 23.7 Å². The van der Waals surface area contributed by atoms with Gasteiger partial charge in [-0.25, -0.2) is 0 Å². The number of fused-ring (bicyclic) bond motifs is 4. The van der Waals surface area contributed by atoms with Crippen molar-refractivity contribution in [1.82, 2.24) is 0 Å². The second-order valence-corrected chi connectivity index (χ2v) is 5.84. The lowest BCUT2D eigenvalue weighted by molar-refractivity contribution is 0.480. The van der Waals surface area contributed by atoms with Gasteiger partial charge in [-0.2, -0.15) is 0 Å². The van der Waals surface area contributed by atoms with Crippen molar-refractivity contribution in [1.29, 1.82) is 0 Å². The van der Waals surface area contributed by atoms with Gasteiger partial charge in [0.05, 0.1) is 0 Å². The molecule has 78 valence electrons. The molecule has 0 radical (unpaired) electrons. The van der Waals surface area contributed by atoms with E-state index in [0.717, 1.165) is 11.8 Å². The molecule has 14 heavy (non-hydrogen) atoms. The molecule has 0 aromatic carbocycles. The summed E-state index contributed by atoms with van der Waals surface area (Å²) in [5, 5.41) is 0. The van der Waals surface area contributed by atoms with Gasteiger partial charge in [0.2, 0.25) is 0 Å². The van der Waals surface area contributed by atoms with Crippen molar-refractivity contribution < 1.29 is 0 Å². The van der Waals surface area contributed by atoms with Crippen LogP contribution in [0, 0.1) is 23.7 Å². The van der Waals surface area contributed by atoms with Crippen LogP contribution in [-0.4, -0.2) is 0 Å². The van der Waals surface area contributed by atoms with Crippen LogP contribution in [0.1, 0.15) is 51.4 Å². The average molecular weight is 190 g/mol. The predicted molar refractivity (Wildman–Crippen MR) is 60.0 cm³/mol. The summed E-state index contributed by atoms with van der Waals surface area (Å²) in [5.74, 6) is 4.32. The first-order chi connectivity index (χ1) is 6.90. The van der Waals surface area contributed by atoms with Crippen molar-refractivity contribution in [3.63, 3.8) is 0 Å². The quantitative estimate of drug-likeness (QED) is 0.503. The fraction of sp³-hybridized carbons (Fsp3) is 0.857. The Hall–Kier alpha value is -0.260. The number of allylic oxidation sites excluding steroid dienone is 2. The van der Waals surface area contributed by atoms with Gasteiger partial charge in [0.25, 0.3) is 0 Å². The predicted octanol–water partition coefficient (Wildman–Crippen LogP) is 4.17. The Morgan fingerprint density at radius 1 is 0.571 bits per heavy atom. The normalized spacial score (nSPS) is 46.9. The first-order valence-corrected chi connectivity index (χ1v) is 6.58. The molecule has 0 amide bonds. The van der Waals surface area contributed by atoms with Gasteiger partial charge in [0.1, 0.15) is 0 Å². The second-order valence-electron chi connectivity index (χ2n) is 5.84. The molecule has 0 saturated heterocycles. The third kappa shape index (κ3) is 1.76. The van der Waals surface area contributed by atoms with Crippen molar-refractivity contribution in [2.45, 2.75) is 51.4 Å². The zero-order chi connectivity index (χ0) is 9.38. The van der Waals surface area contributed by atoms with Crippen LogP contribution in [0.5, 0.6) is 0 Å². The van der Waals surface area contributed by atoms with Crippen LogP contribution < -0.4 is 0 Å². The Morgan fingerprint density at radius 3 is 1.21 bits per heavy atom. The molecule has 0 aliphatic heterocycles. The maximum absolute atomic E-state index is 2.38. The lowest BCUT2D eigenvalue weighted by Gasteiger charge is -2.05. The molecule has 0 nitrogen and oxygen atoms in total. The molecule has 0 heteroatoms. The Kier molecular flexibility index (Phi) is 2.39. The van der Waals surface area contributed by atoms with E-state index in [9.17, 15) is 0 Å². The summed E-state index contributed by atoms with van der Waals surface area (Å²) in [6.45, 7) is 0. The molecule has 0 aromatic rings. The van der Waals surface area contributed by atoms with E-state index in [0.29, 0.717) is 0 Å². The maximum atomic E-state index is 2.38. The maximum Gasteiger partial charge on any atom is -0.0228 e. The van der Waals surface area contributed by atoms with Gasteiger partial charge in [-0.1, -0.05) is 37.8 Å². The monoisotopic (exact) mass is 190 g/mol. The molecule has 4 bridgehead atoms. The van der Waals surface area contributed by atoms with Crippen LogP contribution in [-0.2, 0) is 0 Å². The highest BCUT2D eigenvalue weighted by Crippen LogP contribution is 2.43. The van der Waals surface area contributed by atoms with Gasteiger partial charge in [0.15, 0.2) is 0 Å². The molecule has 4 rings (SSSR count). The summed E-state index contributed by atoms with van der Waals surface area (Å²) >= 11 is 0. The third-order valence-electron chi connectivity index (χ3n) is 4.80.